The van der Waals surface area contributed by atoms with Crippen molar-refractivity contribution in [2.45, 2.75) is 32.6 Å². The molecule has 1 fully saturated rings. The molecule has 0 atom stereocenters. The number of pyridine rings is 1. The van der Waals surface area contributed by atoms with Gasteiger partial charge in [-0.1, -0.05) is 42.3 Å². The van der Waals surface area contributed by atoms with Crippen molar-refractivity contribution in [1.82, 2.24) is 9.88 Å². The molecule has 4 rings (SSSR count). The van der Waals surface area contributed by atoms with E-state index in [0.717, 1.165) is 35.2 Å². The molecular weight excluding hydrogens is 384 g/mol. The molecule has 29 heavy (non-hydrogen) atoms. The third kappa shape index (κ3) is 4.49. The summed E-state index contributed by atoms with van der Waals surface area (Å²) in [5.41, 5.74) is 2.46. The highest BCUT2D eigenvalue weighted by Crippen LogP contribution is 2.36. The molecule has 0 amide bonds. The summed E-state index contributed by atoms with van der Waals surface area (Å²) in [5.74, 6) is 0.735. The van der Waals surface area contributed by atoms with Crippen LogP contribution in [0.1, 0.15) is 31.2 Å². The van der Waals surface area contributed by atoms with Gasteiger partial charge in [-0.2, -0.15) is 0 Å². The fourth-order valence-corrected chi connectivity index (χ4v) is 4.35. The van der Waals surface area contributed by atoms with Crippen LogP contribution in [-0.2, 0) is 0 Å². The minimum absolute atomic E-state index is 0.112. The zero-order chi connectivity index (χ0) is 20.2. The molecule has 2 aromatic carbocycles. The van der Waals surface area contributed by atoms with Crippen LogP contribution in [0, 0.1) is 6.92 Å². The minimum atomic E-state index is -0.112. The average Bonchev–Trinajstić information content (AvgIpc) is 2.73. The standard InChI is InChI=1S/C24H27ClN2O2/c1-17-8-5-11-20-21(17)23(29-15-7-14-27-12-3-2-4-13-27)22(26-24(20)28)18-9-6-10-19(25)16-18/h5-6,8-11,16H,2-4,7,12-15H2,1H3,(H,26,28). The van der Waals surface area contributed by atoms with E-state index in [0.29, 0.717) is 22.7 Å². The van der Waals surface area contributed by atoms with Crippen molar-refractivity contribution in [3.63, 3.8) is 0 Å². The number of hydrogen-bond acceptors (Lipinski definition) is 3. The predicted octanol–water partition coefficient (Wildman–Crippen LogP) is 5.41. The van der Waals surface area contributed by atoms with E-state index in [1.807, 2.05) is 49.4 Å². The van der Waals surface area contributed by atoms with Crippen molar-refractivity contribution < 1.29 is 4.74 Å². The summed E-state index contributed by atoms with van der Waals surface area (Å²) in [6, 6.07) is 13.3. The van der Waals surface area contributed by atoms with E-state index in [1.54, 1.807) is 0 Å². The van der Waals surface area contributed by atoms with Crippen LogP contribution in [0.2, 0.25) is 5.02 Å². The number of nitrogens with one attached hydrogen (secondary N) is 1. The van der Waals surface area contributed by atoms with Gasteiger partial charge in [0, 0.05) is 22.5 Å². The Morgan fingerprint density at radius 1 is 1.10 bits per heavy atom. The lowest BCUT2D eigenvalue weighted by atomic mass is 10.0. The number of ether oxygens (including phenoxy) is 1. The van der Waals surface area contributed by atoms with Crippen LogP contribution in [0.25, 0.3) is 22.0 Å². The topological polar surface area (TPSA) is 45.3 Å². The summed E-state index contributed by atoms with van der Waals surface area (Å²) in [5, 5.41) is 2.16. The van der Waals surface area contributed by atoms with Gasteiger partial charge in [0.15, 0.2) is 5.75 Å². The van der Waals surface area contributed by atoms with Gasteiger partial charge in [-0.15, -0.1) is 0 Å². The Morgan fingerprint density at radius 2 is 1.90 bits per heavy atom. The van der Waals surface area contributed by atoms with Crippen molar-refractivity contribution in [2.24, 2.45) is 0 Å². The third-order valence-corrected chi connectivity index (χ3v) is 5.87. The number of nitrogens with zero attached hydrogens (tertiary/aromatic N) is 1. The van der Waals surface area contributed by atoms with E-state index in [-0.39, 0.29) is 5.56 Å². The molecule has 1 saturated heterocycles. The van der Waals surface area contributed by atoms with Crippen LogP contribution in [-0.4, -0.2) is 36.1 Å². The monoisotopic (exact) mass is 410 g/mol. The zero-order valence-corrected chi connectivity index (χ0v) is 17.6. The second-order valence-corrected chi connectivity index (χ2v) is 8.21. The molecular formula is C24H27ClN2O2. The zero-order valence-electron chi connectivity index (χ0n) is 16.8. The van der Waals surface area contributed by atoms with E-state index in [1.165, 1.54) is 32.4 Å². The van der Waals surface area contributed by atoms with Crippen molar-refractivity contribution in [3.05, 3.63) is 63.4 Å². The molecule has 0 spiro atoms. The second kappa shape index (κ2) is 9.02. The number of hydrogen-bond donors (Lipinski definition) is 1. The SMILES string of the molecule is Cc1cccc2c(=O)[nH]c(-c3cccc(Cl)c3)c(OCCCN3CCCCC3)c12. The van der Waals surface area contributed by atoms with Crippen molar-refractivity contribution in [3.8, 4) is 17.0 Å². The Kier molecular flexibility index (Phi) is 6.22. The minimum Gasteiger partial charge on any atom is -0.491 e. The molecule has 0 bridgehead atoms. The molecule has 1 N–H and O–H groups in total. The van der Waals surface area contributed by atoms with E-state index in [9.17, 15) is 4.79 Å². The predicted molar refractivity (Wildman–Crippen MR) is 120 cm³/mol. The summed E-state index contributed by atoms with van der Waals surface area (Å²) in [4.78, 5) is 18.3. The van der Waals surface area contributed by atoms with Crippen molar-refractivity contribution in [1.29, 1.82) is 0 Å². The quantitative estimate of drug-likeness (QED) is 0.552. The molecule has 1 aromatic heterocycles. The van der Waals surface area contributed by atoms with Crippen LogP contribution in [0.5, 0.6) is 5.75 Å². The number of benzene rings is 2. The number of aromatic nitrogens is 1. The first kappa shape index (κ1) is 20.0. The Hall–Kier alpha value is -2.30. The van der Waals surface area contributed by atoms with Crippen LogP contribution in [0.4, 0.5) is 0 Å². The molecule has 1 aliphatic heterocycles. The molecule has 3 aromatic rings. The van der Waals surface area contributed by atoms with Crippen LogP contribution in [0.3, 0.4) is 0 Å². The van der Waals surface area contributed by atoms with Gasteiger partial charge >= 0.3 is 0 Å². The third-order valence-electron chi connectivity index (χ3n) is 5.64. The van der Waals surface area contributed by atoms with Gasteiger partial charge in [0.2, 0.25) is 0 Å². The largest absolute Gasteiger partial charge is 0.491 e. The van der Waals surface area contributed by atoms with E-state index in [2.05, 4.69) is 9.88 Å². The first-order valence-corrected chi connectivity index (χ1v) is 10.8. The fraction of sp³-hybridized carbons (Fsp3) is 0.375. The lowest BCUT2D eigenvalue weighted by Crippen LogP contribution is -2.31. The van der Waals surface area contributed by atoms with Gasteiger partial charge in [0.25, 0.3) is 5.56 Å². The molecule has 0 aliphatic carbocycles. The maximum Gasteiger partial charge on any atom is 0.256 e. The lowest BCUT2D eigenvalue weighted by Gasteiger charge is -2.26. The number of aromatic amines is 1. The average molecular weight is 411 g/mol. The molecule has 0 unspecified atom stereocenters. The van der Waals surface area contributed by atoms with Gasteiger partial charge in [-0.25, -0.2) is 0 Å². The summed E-state index contributed by atoms with van der Waals surface area (Å²) in [6.07, 6.45) is 4.90. The molecule has 0 radical (unpaired) electrons. The van der Waals surface area contributed by atoms with Crippen molar-refractivity contribution >= 4 is 22.4 Å². The highest BCUT2D eigenvalue weighted by atomic mass is 35.5. The van der Waals surface area contributed by atoms with Gasteiger partial charge < -0.3 is 14.6 Å². The number of H-pyrrole nitrogens is 1. The summed E-state index contributed by atoms with van der Waals surface area (Å²) in [6.45, 7) is 6.05. The normalized spacial score (nSPS) is 15.0. The first-order valence-electron chi connectivity index (χ1n) is 10.4. The maximum absolute atomic E-state index is 12.7. The van der Waals surface area contributed by atoms with Gasteiger partial charge in [0.05, 0.1) is 17.7 Å². The Balaban J connectivity index is 1.67. The van der Waals surface area contributed by atoms with Gasteiger partial charge in [-0.3, -0.25) is 4.79 Å². The smallest absolute Gasteiger partial charge is 0.256 e. The number of rotatable bonds is 6. The van der Waals surface area contributed by atoms with E-state index >= 15 is 0 Å². The molecule has 1 aliphatic rings. The second-order valence-electron chi connectivity index (χ2n) is 7.77. The molecule has 4 nitrogen and oxygen atoms in total. The number of piperidine rings is 1. The molecule has 0 saturated carbocycles. The number of fused-ring (bicyclic) bond motifs is 1. The van der Waals surface area contributed by atoms with Crippen molar-refractivity contribution in [2.75, 3.05) is 26.2 Å². The lowest BCUT2D eigenvalue weighted by molar-refractivity contribution is 0.205. The highest BCUT2D eigenvalue weighted by Gasteiger charge is 2.17. The Morgan fingerprint density at radius 3 is 2.69 bits per heavy atom. The summed E-state index contributed by atoms with van der Waals surface area (Å²) in [7, 11) is 0. The van der Waals surface area contributed by atoms with E-state index < -0.39 is 0 Å². The number of halogens is 1. The number of likely N-dealkylation sites (tertiary alicyclic amines) is 1. The van der Waals surface area contributed by atoms with Crippen LogP contribution >= 0.6 is 11.6 Å². The summed E-state index contributed by atoms with van der Waals surface area (Å²) < 4.78 is 6.33. The first-order chi connectivity index (χ1) is 14.1. The van der Waals surface area contributed by atoms with E-state index in [4.69, 9.17) is 16.3 Å². The Labute approximate surface area is 176 Å². The molecule has 2 heterocycles. The van der Waals surface area contributed by atoms with Crippen LogP contribution in [0.15, 0.2) is 47.3 Å². The fourth-order valence-electron chi connectivity index (χ4n) is 4.16. The van der Waals surface area contributed by atoms with Gasteiger partial charge in [-0.05, 0) is 63.0 Å². The van der Waals surface area contributed by atoms with Gasteiger partial charge in [0.1, 0.15) is 0 Å². The molecule has 5 heteroatoms. The Bertz CT molecular complexity index is 1050. The summed E-state index contributed by atoms with van der Waals surface area (Å²) >= 11 is 6.21. The highest BCUT2D eigenvalue weighted by molar-refractivity contribution is 6.30. The number of aryl methyl sites for hydroxylation is 1. The van der Waals surface area contributed by atoms with Crippen LogP contribution < -0.4 is 10.3 Å². The molecule has 152 valence electrons. The maximum atomic E-state index is 12.7.